The van der Waals surface area contributed by atoms with Crippen LogP contribution in [0.3, 0.4) is 0 Å². The summed E-state index contributed by atoms with van der Waals surface area (Å²) >= 11 is 6.31. The Hall–Kier alpha value is -1.87. The van der Waals surface area contributed by atoms with Crippen LogP contribution in [-0.4, -0.2) is 54.2 Å². The van der Waals surface area contributed by atoms with Gasteiger partial charge in [0.25, 0.3) is 0 Å². The lowest BCUT2D eigenvalue weighted by Gasteiger charge is -2.42. The molecule has 2 aliphatic heterocycles. The maximum absolute atomic E-state index is 13.2. The number of carbonyl (C=O) groups is 2. The molecular weight excluding hydrogens is 408 g/mol. The predicted molar refractivity (Wildman–Crippen MR) is 111 cm³/mol. The molecule has 0 aromatic heterocycles. The monoisotopic (exact) mass is 433 g/mol. The predicted octanol–water partition coefficient (Wildman–Crippen LogP) is 2.50. The first kappa shape index (κ1) is 21.4. The van der Waals surface area contributed by atoms with Crippen molar-refractivity contribution < 1.29 is 29.1 Å². The number of amides is 2. The molecule has 0 radical (unpaired) electrons. The summed E-state index contributed by atoms with van der Waals surface area (Å²) in [7, 11) is 0.349. The molecule has 1 aromatic rings. The maximum atomic E-state index is 13.2. The highest BCUT2D eigenvalue weighted by Gasteiger charge is 2.57. The summed E-state index contributed by atoms with van der Waals surface area (Å²) in [5, 5.41) is 20.9. The molecule has 30 heavy (non-hydrogen) atoms. The van der Waals surface area contributed by atoms with E-state index in [1.165, 1.54) is 17.0 Å². The van der Waals surface area contributed by atoms with Gasteiger partial charge in [0, 0.05) is 18.7 Å². The van der Waals surface area contributed by atoms with Crippen LogP contribution in [-0.2, 0) is 19.0 Å². The average molecular weight is 434 g/mol. The number of phenolic OH excluding ortho intramolecular Hbond substituents is 1. The van der Waals surface area contributed by atoms with Gasteiger partial charge in [-0.15, -0.1) is 0 Å². The van der Waals surface area contributed by atoms with Crippen molar-refractivity contribution in [1.82, 2.24) is 4.90 Å². The standard InChI is InChI=1S/C21H25BClNO6/c1-3-6-24-20(26)15-7-11(10-29-2)19-14(18(15)21(24)27)9-17(30-22(19)28)13-5-4-12(25)8-16(13)23/h4-5,8,14-15,17-18,25,28H,3,6-7,9-10H2,1-2H3/t14-,15-,17-,18+/m0/s1. The summed E-state index contributed by atoms with van der Waals surface area (Å²) in [6.07, 6.45) is 0.932. The van der Waals surface area contributed by atoms with Crippen molar-refractivity contribution in [3.05, 3.63) is 39.8 Å². The van der Waals surface area contributed by atoms with Gasteiger partial charge in [-0.05, 0) is 53.9 Å². The molecule has 2 saturated heterocycles. The average Bonchev–Trinajstić information content (AvgIpc) is 2.93. The number of hydrogen-bond acceptors (Lipinski definition) is 6. The van der Waals surface area contributed by atoms with E-state index in [1.807, 2.05) is 6.92 Å². The van der Waals surface area contributed by atoms with Crippen LogP contribution >= 0.6 is 11.6 Å². The molecule has 0 bridgehead atoms. The maximum Gasteiger partial charge on any atom is 0.487 e. The van der Waals surface area contributed by atoms with E-state index in [0.717, 1.165) is 5.57 Å². The summed E-state index contributed by atoms with van der Waals surface area (Å²) in [4.78, 5) is 27.5. The number of methoxy groups -OCH3 is 1. The van der Waals surface area contributed by atoms with Crippen LogP contribution < -0.4 is 0 Å². The van der Waals surface area contributed by atoms with E-state index in [2.05, 4.69) is 0 Å². The molecule has 7 nitrogen and oxygen atoms in total. The molecule has 1 aromatic carbocycles. The number of rotatable bonds is 5. The van der Waals surface area contributed by atoms with E-state index in [0.29, 0.717) is 41.9 Å². The summed E-state index contributed by atoms with van der Waals surface area (Å²) in [6.45, 7) is 2.61. The fraction of sp³-hybridized carbons (Fsp3) is 0.524. The molecule has 9 heteroatoms. The second-order valence-electron chi connectivity index (χ2n) is 8.18. The van der Waals surface area contributed by atoms with Gasteiger partial charge >= 0.3 is 7.12 Å². The number of halogens is 1. The Balaban J connectivity index is 1.74. The molecule has 2 fully saturated rings. The van der Waals surface area contributed by atoms with E-state index in [-0.39, 0.29) is 30.1 Å². The minimum atomic E-state index is -1.21. The molecule has 1 aliphatic carbocycles. The van der Waals surface area contributed by atoms with Crippen molar-refractivity contribution in [2.24, 2.45) is 17.8 Å². The van der Waals surface area contributed by atoms with E-state index in [1.54, 1.807) is 13.2 Å². The van der Waals surface area contributed by atoms with Gasteiger partial charge in [-0.3, -0.25) is 14.5 Å². The zero-order valence-electron chi connectivity index (χ0n) is 17.0. The van der Waals surface area contributed by atoms with E-state index in [4.69, 9.17) is 21.0 Å². The topological polar surface area (TPSA) is 96.3 Å². The van der Waals surface area contributed by atoms with Crippen molar-refractivity contribution in [1.29, 1.82) is 0 Å². The van der Waals surface area contributed by atoms with E-state index < -0.39 is 25.1 Å². The van der Waals surface area contributed by atoms with Crippen molar-refractivity contribution in [3.8, 4) is 5.75 Å². The first-order valence-electron chi connectivity index (χ1n) is 10.2. The Morgan fingerprint density at radius 3 is 2.73 bits per heavy atom. The van der Waals surface area contributed by atoms with Gasteiger partial charge in [-0.25, -0.2) is 0 Å². The van der Waals surface area contributed by atoms with Crippen LogP contribution in [0.2, 0.25) is 5.02 Å². The summed E-state index contributed by atoms with van der Waals surface area (Å²) in [6, 6.07) is 4.59. The Morgan fingerprint density at radius 2 is 2.07 bits per heavy atom. The number of ether oxygens (including phenoxy) is 1. The zero-order chi connectivity index (χ0) is 21.6. The number of phenols is 1. The third kappa shape index (κ3) is 3.45. The molecule has 4 rings (SSSR count). The van der Waals surface area contributed by atoms with Gasteiger partial charge in [0.05, 0.1) is 24.5 Å². The molecule has 4 atom stereocenters. The molecular formula is C21H25BClNO6. The zero-order valence-corrected chi connectivity index (χ0v) is 17.8. The first-order chi connectivity index (χ1) is 14.4. The minimum absolute atomic E-state index is 0.0348. The quantitative estimate of drug-likeness (QED) is 0.547. The van der Waals surface area contributed by atoms with Gasteiger partial charge in [-0.1, -0.05) is 24.6 Å². The number of nitrogens with zero attached hydrogens (tertiary/aromatic N) is 1. The normalized spacial score (nSPS) is 28.8. The van der Waals surface area contributed by atoms with Gasteiger partial charge in [0.2, 0.25) is 11.8 Å². The fourth-order valence-electron chi connectivity index (χ4n) is 5.20. The Morgan fingerprint density at radius 1 is 1.30 bits per heavy atom. The second kappa shape index (κ2) is 8.34. The molecule has 0 saturated carbocycles. The third-order valence-electron chi connectivity index (χ3n) is 6.40. The fourth-order valence-corrected chi connectivity index (χ4v) is 5.50. The molecule has 2 amide bonds. The number of benzene rings is 1. The van der Waals surface area contributed by atoms with E-state index in [9.17, 15) is 19.7 Å². The first-order valence-corrected chi connectivity index (χ1v) is 10.6. The molecule has 2 heterocycles. The number of likely N-dealkylation sites (tertiary alicyclic amines) is 1. The second-order valence-corrected chi connectivity index (χ2v) is 8.59. The summed E-state index contributed by atoms with van der Waals surface area (Å²) < 4.78 is 11.2. The molecule has 0 unspecified atom stereocenters. The lowest BCUT2D eigenvalue weighted by Crippen LogP contribution is -2.45. The third-order valence-corrected chi connectivity index (χ3v) is 6.73. The van der Waals surface area contributed by atoms with Crippen LogP contribution in [0.25, 0.3) is 0 Å². The minimum Gasteiger partial charge on any atom is -0.508 e. The molecule has 2 N–H and O–H groups in total. The molecule has 0 spiro atoms. The number of carbonyl (C=O) groups excluding carboxylic acids is 2. The van der Waals surface area contributed by atoms with Crippen LogP contribution in [0.5, 0.6) is 5.75 Å². The number of allylic oxidation sites excluding steroid dienone is 1. The van der Waals surface area contributed by atoms with Crippen LogP contribution in [0, 0.1) is 17.8 Å². The number of hydrogen-bond donors (Lipinski definition) is 2. The number of aromatic hydroxyl groups is 1. The Bertz CT molecular complexity index is 905. The number of imide groups is 1. The van der Waals surface area contributed by atoms with Gasteiger partial charge < -0.3 is 19.5 Å². The smallest absolute Gasteiger partial charge is 0.487 e. The highest BCUT2D eigenvalue weighted by atomic mass is 35.5. The van der Waals surface area contributed by atoms with Crippen molar-refractivity contribution >= 4 is 30.5 Å². The summed E-state index contributed by atoms with van der Waals surface area (Å²) in [5.74, 6) is -1.57. The van der Waals surface area contributed by atoms with Crippen molar-refractivity contribution in [2.75, 3.05) is 20.3 Å². The molecule has 160 valence electrons. The van der Waals surface area contributed by atoms with Gasteiger partial charge in [0.15, 0.2) is 0 Å². The highest BCUT2D eigenvalue weighted by molar-refractivity contribution is 6.53. The highest BCUT2D eigenvalue weighted by Crippen LogP contribution is 2.52. The lowest BCUT2D eigenvalue weighted by atomic mass is 9.55. The van der Waals surface area contributed by atoms with Crippen molar-refractivity contribution in [2.45, 2.75) is 32.3 Å². The van der Waals surface area contributed by atoms with Crippen LogP contribution in [0.1, 0.15) is 37.9 Å². The largest absolute Gasteiger partial charge is 0.508 e. The van der Waals surface area contributed by atoms with Gasteiger partial charge in [-0.2, -0.15) is 0 Å². The Labute approximate surface area is 180 Å². The van der Waals surface area contributed by atoms with Gasteiger partial charge in [0.1, 0.15) is 5.75 Å². The molecule has 3 aliphatic rings. The summed E-state index contributed by atoms with van der Waals surface area (Å²) in [5.41, 5.74) is 2.11. The SMILES string of the molecule is CCCN1C(=O)[C@H]2[C@H](CC(COC)=C3B(O)O[C@H](c4ccc(O)cc4Cl)C[C@H]32)C1=O. The number of fused-ring (bicyclic) bond motifs is 3. The Kier molecular flexibility index (Phi) is 5.94. The van der Waals surface area contributed by atoms with Crippen molar-refractivity contribution in [3.63, 3.8) is 0 Å². The van der Waals surface area contributed by atoms with Crippen LogP contribution in [0.15, 0.2) is 29.2 Å². The lowest BCUT2D eigenvalue weighted by molar-refractivity contribution is -0.140. The van der Waals surface area contributed by atoms with E-state index >= 15 is 0 Å². The van der Waals surface area contributed by atoms with Crippen LogP contribution in [0.4, 0.5) is 0 Å².